The van der Waals surface area contributed by atoms with Crippen LogP contribution in [0.5, 0.6) is 0 Å². The number of rotatable bonds is 5. The SMILES string of the molecule is COC(=O)C1(C(=O)OC)C[C@H](CB2OC(C)(C)C(C)(C)O2)C2CC[C@@H](B3OC(C)(C)C(C)(C)O3)CC21. The molecule has 4 aliphatic rings. The summed E-state index contributed by atoms with van der Waals surface area (Å²) in [5.41, 5.74) is -3.11. The van der Waals surface area contributed by atoms with E-state index >= 15 is 0 Å². The van der Waals surface area contributed by atoms with Crippen LogP contribution in [-0.4, -0.2) is 62.8 Å². The van der Waals surface area contributed by atoms with Gasteiger partial charge in [0.2, 0.25) is 0 Å². The lowest BCUT2D eigenvalue weighted by molar-refractivity contribution is -0.173. The zero-order valence-electron chi connectivity index (χ0n) is 23.8. The van der Waals surface area contributed by atoms with Gasteiger partial charge in [-0.15, -0.1) is 0 Å². The van der Waals surface area contributed by atoms with Crippen LogP contribution in [-0.2, 0) is 37.7 Å². The van der Waals surface area contributed by atoms with E-state index in [-0.39, 0.29) is 30.7 Å². The average Bonchev–Trinajstić information content (AvgIpc) is 3.29. The lowest BCUT2D eigenvalue weighted by atomic mass is 9.56. The normalized spacial score (nSPS) is 35.4. The van der Waals surface area contributed by atoms with Crippen LogP contribution in [0, 0.1) is 23.2 Å². The van der Waals surface area contributed by atoms with Crippen molar-refractivity contribution in [3.63, 3.8) is 0 Å². The molecule has 2 unspecified atom stereocenters. The molecule has 8 nitrogen and oxygen atoms in total. The predicted molar refractivity (Wildman–Crippen MR) is 136 cm³/mol. The molecule has 0 aromatic heterocycles. The molecule has 2 heterocycles. The molecule has 2 aliphatic heterocycles. The van der Waals surface area contributed by atoms with Crippen LogP contribution in [0.3, 0.4) is 0 Å². The fourth-order valence-corrected chi connectivity index (χ4v) is 6.89. The van der Waals surface area contributed by atoms with Crippen molar-refractivity contribution in [1.29, 1.82) is 0 Å². The molecule has 0 amide bonds. The Bertz CT molecular complexity index is 837. The highest BCUT2D eigenvalue weighted by Crippen LogP contribution is 2.62. The third kappa shape index (κ3) is 4.24. The van der Waals surface area contributed by atoms with Gasteiger partial charge >= 0.3 is 26.2 Å². The molecule has 4 fully saturated rings. The van der Waals surface area contributed by atoms with Gasteiger partial charge in [0.15, 0.2) is 5.41 Å². The predicted octanol–water partition coefficient (Wildman–Crippen LogP) is 4.31. The van der Waals surface area contributed by atoms with Crippen LogP contribution in [0.25, 0.3) is 0 Å². The number of carbonyl (C=O) groups is 2. The molecule has 2 saturated heterocycles. The minimum absolute atomic E-state index is 0.0575. The van der Waals surface area contributed by atoms with Crippen LogP contribution in [0.15, 0.2) is 0 Å². The van der Waals surface area contributed by atoms with Gasteiger partial charge in [-0.25, -0.2) is 0 Å². The molecular formula is C26H44B2O8. The summed E-state index contributed by atoms with van der Waals surface area (Å²) in [6.07, 6.45) is 3.37. The molecular weight excluding hydrogens is 462 g/mol. The highest BCUT2D eigenvalue weighted by Gasteiger charge is 2.67. The van der Waals surface area contributed by atoms with E-state index in [0.29, 0.717) is 19.2 Å². The van der Waals surface area contributed by atoms with Crippen molar-refractivity contribution < 1.29 is 37.7 Å². The molecule has 0 aromatic rings. The Morgan fingerprint density at radius 1 is 0.778 bits per heavy atom. The molecule has 4 atom stereocenters. The summed E-state index contributed by atoms with van der Waals surface area (Å²) in [5.74, 6) is -1.01. The first-order chi connectivity index (χ1) is 16.5. The lowest BCUT2D eigenvalue weighted by Crippen LogP contribution is -2.47. The molecule has 0 spiro atoms. The number of ether oxygens (including phenoxy) is 2. The van der Waals surface area contributed by atoms with Crippen molar-refractivity contribution in [2.45, 2.75) is 116 Å². The Balaban J connectivity index is 1.62. The van der Waals surface area contributed by atoms with Crippen molar-refractivity contribution in [2.24, 2.45) is 23.2 Å². The minimum Gasteiger partial charge on any atom is -0.468 e. The monoisotopic (exact) mass is 506 g/mol. The standard InChI is InChI=1S/C26H44B2O8/c1-22(2)23(3,4)34-27(33-22)15-16-14-26(20(29)31-9,21(30)32-10)19-13-17(11-12-18(16)19)28-35-24(5,6)25(7,8)36-28/h16-19H,11-15H2,1-10H3/t16-,17-,18?,19?/m1/s1. The average molecular weight is 506 g/mol. The maximum atomic E-state index is 13.4. The minimum atomic E-state index is -1.36. The van der Waals surface area contributed by atoms with E-state index in [1.807, 2.05) is 55.4 Å². The van der Waals surface area contributed by atoms with E-state index < -0.39 is 46.9 Å². The van der Waals surface area contributed by atoms with Gasteiger partial charge in [-0.05, 0) is 98.1 Å². The molecule has 4 rings (SSSR count). The maximum Gasteiger partial charge on any atom is 0.461 e. The Morgan fingerprint density at radius 3 is 1.72 bits per heavy atom. The van der Waals surface area contributed by atoms with Gasteiger partial charge in [-0.3, -0.25) is 9.59 Å². The summed E-state index contributed by atoms with van der Waals surface area (Å²) < 4.78 is 35.9. The van der Waals surface area contributed by atoms with Gasteiger partial charge in [-0.2, -0.15) is 0 Å². The second kappa shape index (κ2) is 8.99. The second-order valence-electron chi connectivity index (χ2n) is 13.3. The summed E-state index contributed by atoms with van der Waals surface area (Å²) in [4.78, 5) is 26.7. The fourth-order valence-electron chi connectivity index (χ4n) is 6.89. The lowest BCUT2D eigenvalue weighted by Gasteiger charge is -2.39. The van der Waals surface area contributed by atoms with Crippen molar-refractivity contribution in [1.82, 2.24) is 0 Å². The van der Waals surface area contributed by atoms with E-state index in [1.54, 1.807) is 0 Å². The molecule has 0 bridgehead atoms. The first kappa shape index (κ1) is 27.9. The quantitative estimate of drug-likeness (QED) is 0.310. The van der Waals surface area contributed by atoms with Gasteiger partial charge < -0.3 is 28.1 Å². The van der Waals surface area contributed by atoms with Gasteiger partial charge in [0.25, 0.3) is 0 Å². The zero-order valence-corrected chi connectivity index (χ0v) is 23.8. The molecule has 36 heavy (non-hydrogen) atoms. The Kier molecular flexibility index (Phi) is 6.98. The number of esters is 2. The van der Waals surface area contributed by atoms with E-state index in [1.165, 1.54) is 14.2 Å². The van der Waals surface area contributed by atoms with E-state index in [0.717, 1.165) is 12.8 Å². The summed E-state index contributed by atoms with van der Waals surface area (Å²) in [5, 5.41) is 0. The number of carbonyl (C=O) groups excluding carboxylic acids is 2. The van der Waals surface area contributed by atoms with Crippen LogP contribution < -0.4 is 0 Å². The molecule has 2 aliphatic carbocycles. The van der Waals surface area contributed by atoms with Gasteiger partial charge in [0.1, 0.15) is 0 Å². The Labute approximate surface area is 217 Å². The van der Waals surface area contributed by atoms with E-state index in [4.69, 9.17) is 28.1 Å². The van der Waals surface area contributed by atoms with Crippen molar-refractivity contribution in [3.05, 3.63) is 0 Å². The molecule has 0 radical (unpaired) electrons. The first-order valence-electron chi connectivity index (χ1n) is 13.4. The third-order valence-electron chi connectivity index (χ3n) is 10.3. The zero-order chi connectivity index (χ0) is 26.9. The largest absolute Gasteiger partial charge is 0.468 e. The molecule has 0 N–H and O–H groups in total. The van der Waals surface area contributed by atoms with Crippen LogP contribution in [0.1, 0.15) is 81.1 Å². The highest BCUT2D eigenvalue weighted by atomic mass is 16.7. The second-order valence-corrected chi connectivity index (χ2v) is 13.3. The Morgan fingerprint density at radius 2 is 1.25 bits per heavy atom. The smallest absolute Gasteiger partial charge is 0.461 e. The Hall–Kier alpha value is -1.09. The van der Waals surface area contributed by atoms with E-state index in [2.05, 4.69) is 0 Å². The third-order valence-corrected chi connectivity index (χ3v) is 10.3. The number of hydrogen-bond donors (Lipinski definition) is 0. The highest BCUT2D eigenvalue weighted by molar-refractivity contribution is 6.47. The molecule has 0 aromatic carbocycles. The molecule has 10 heteroatoms. The fraction of sp³-hybridized carbons (Fsp3) is 0.923. The van der Waals surface area contributed by atoms with Crippen molar-refractivity contribution >= 4 is 26.2 Å². The number of fused-ring (bicyclic) bond motifs is 1. The topological polar surface area (TPSA) is 89.5 Å². The summed E-state index contributed by atoms with van der Waals surface area (Å²) in [7, 11) is 1.91. The van der Waals surface area contributed by atoms with Crippen LogP contribution in [0.2, 0.25) is 12.1 Å². The van der Waals surface area contributed by atoms with Gasteiger partial charge in [-0.1, -0.05) is 12.8 Å². The van der Waals surface area contributed by atoms with E-state index in [9.17, 15) is 9.59 Å². The van der Waals surface area contributed by atoms with Crippen molar-refractivity contribution in [3.8, 4) is 0 Å². The number of hydrogen-bond acceptors (Lipinski definition) is 8. The van der Waals surface area contributed by atoms with Crippen LogP contribution in [0.4, 0.5) is 0 Å². The summed E-state index contributed by atoms with van der Waals surface area (Å²) in [6, 6.07) is 0. The molecule has 2 saturated carbocycles. The first-order valence-corrected chi connectivity index (χ1v) is 13.4. The summed E-state index contributed by atoms with van der Waals surface area (Å²) in [6.45, 7) is 16.3. The van der Waals surface area contributed by atoms with Gasteiger partial charge in [0.05, 0.1) is 36.6 Å². The van der Waals surface area contributed by atoms with Crippen molar-refractivity contribution in [2.75, 3.05) is 14.2 Å². The van der Waals surface area contributed by atoms with Crippen LogP contribution >= 0.6 is 0 Å². The number of methoxy groups -OCH3 is 2. The summed E-state index contributed by atoms with van der Waals surface area (Å²) >= 11 is 0. The molecule has 202 valence electrons. The van der Waals surface area contributed by atoms with Gasteiger partial charge in [0, 0.05) is 0 Å². The maximum absolute atomic E-state index is 13.4.